The lowest BCUT2D eigenvalue weighted by atomic mass is 10.2. The third kappa shape index (κ3) is 0.985. The molecule has 0 atom stereocenters. The molecule has 0 amide bonds. The van der Waals surface area contributed by atoms with Crippen LogP contribution in [0, 0.1) is 0 Å². The van der Waals surface area contributed by atoms with Gasteiger partial charge in [0.2, 0.25) is 0 Å². The van der Waals surface area contributed by atoms with Crippen molar-refractivity contribution >= 4 is 10.9 Å². The number of hydrogen-bond donors (Lipinski definition) is 0. The molecule has 0 spiro atoms. The highest BCUT2D eigenvalue weighted by Crippen LogP contribution is 2.27. The van der Waals surface area contributed by atoms with Crippen LogP contribution in [0.15, 0.2) is 30.3 Å². The van der Waals surface area contributed by atoms with E-state index in [1.165, 1.54) is 0 Å². The first-order valence-corrected chi connectivity index (χ1v) is 4.45. The van der Waals surface area contributed by atoms with Gasteiger partial charge in [-0.15, -0.1) is 0 Å². The standard InChI is InChI=1S/C11H9NO/c1-2-4-9-8(3-1)7-11-10(12-9)5-6-13-11/h1-4,7H,5-6H2. The lowest BCUT2D eigenvalue weighted by Gasteiger charge is -2.00. The first-order chi connectivity index (χ1) is 6.43. The third-order valence-electron chi connectivity index (χ3n) is 2.36. The van der Waals surface area contributed by atoms with Gasteiger partial charge in [-0.1, -0.05) is 18.2 Å². The number of aromatic nitrogens is 1. The Balaban J connectivity index is 2.36. The maximum Gasteiger partial charge on any atom is 0.141 e. The zero-order valence-electron chi connectivity index (χ0n) is 7.16. The summed E-state index contributed by atoms with van der Waals surface area (Å²) < 4.78 is 5.44. The van der Waals surface area contributed by atoms with Crippen molar-refractivity contribution in [3.63, 3.8) is 0 Å². The van der Waals surface area contributed by atoms with E-state index in [-0.39, 0.29) is 0 Å². The van der Waals surface area contributed by atoms with E-state index in [0.717, 1.165) is 35.4 Å². The van der Waals surface area contributed by atoms with E-state index in [4.69, 9.17) is 4.74 Å². The number of para-hydroxylation sites is 1. The normalized spacial score (nSPS) is 14.2. The number of fused-ring (bicyclic) bond motifs is 2. The van der Waals surface area contributed by atoms with Gasteiger partial charge in [-0.25, -0.2) is 4.98 Å². The van der Waals surface area contributed by atoms with Gasteiger partial charge in [0, 0.05) is 11.8 Å². The second-order valence-corrected chi connectivity index (χ2v) is 3.22. The average Bonchev–Trinajstić information content (AvgIpc) is 2.61. The van der Waals surface area contributed by atoms with Crippen molar-refractivity contribution in [1.82, 2.24) is 4.98 Å². The third-order valence-corrected chi connectivity index (χ3v) is 2.36. The molecule has 1 aromatic carbocycles. The monoisotopic (exact) mass is 171 g/mol. The summed E-state index contributed by atoms with van der Waals surface area (Å²) in [6.45, 7) is 0.776. The maximum absolute atomic E-state index is 5.44. The highest BCUT2D eigenvalue weighted by molar-refractivity contribution is 5.80. The number of pyridine rings is 1. The minimum absolute atomic E-state index is 0.776. The Bertz CT molecular complexity index is 422. The predicted octanol–water partition coefficient (Wildman–Crippen LogP) is 2.17. The van der Waals surface area contributed by atoms with Gasteiger partial charge in [-0.2, -0.15) is 0 Å². The fraction of sp³-hybridized carbons (Fsp3) is 0.182. The molecule has 13 heavy (non-hydrogen) atoms. The fourth-order valence-electron chi connectivity index (χ4n) is 1.70. The largest absolute Gasteiger partial charge is 0.491 e. The summed E-state index contributed by atoms with van der Waals surface area (Å²) >= 11 is 0. The zero-order valence-corrected chi connectivity index (χ0v) is 7.16. The highest BCUT2D eigenvalue weighted by Gasteiger charge is 2.13. The van der Waals surface area contributed by atoms with Crippen LogP contribution in [-0.4, -0.2) is 11.6 Å². The van der Waals surface area contributed by atoms with Crippen molar-refractivity contribution in [1.29, 1.82) is 0 Å². The van der Waals surface area contributed by atoms with E-state index in [1.807, 2.05) is 18.2 Å². The highest BCUT2D eigenvalue weighted by atomic mass is 16.5. The van der Waals surface area contributed by atoms with Crippen LogP contribution in [-0.2, 0) is 6.42 Å². The summed E-state index contributed by atoms with van der Waals surface area (Å²) in [5.41, 5.74) is 2.16. The Morgan fingerprint density at radius 1 is 1.23 bits per heavy atom. The summed E-state index contributed by atoms with van der Waals surface area (Å²) in [4.78, 5) is 4.53. The molecule has 0 saturated heterocycles. The molecule has 2 aromatic rings. The quantitative estimate of drug-likeness (QED) is 0.606. The van der Waals surface area contributed by atoms with Crippen LogP contribution >= 0.6 is 0 Å². The Kier molecular flexibility index (Phi) is 1.30. The summed E-state index contributed by atoms with van der Waals surface area (Å²) in [5, 5.41) is 1.16. The zero-order chi connectivity index (χ0) is 8.67. The molecule has 0 bridgehead atoms. The molecule has 0 unspecified atom stereocenters. The van der Waals surface area contributed by atoms with Crippen molar-refractivity contribution in [2.24, 2.45) is 0 Å². The van der Waals surface area contributed by atoms with Crippen molar-refractivity contribution in [3.05, 3.63) is 36.0 Å². The van der Waals surface area contributed by atoms with Gasteiger partial charge < -0.3 is 4.74 Å². The minimum atomic E-state index is 0.776. The topological polar surface area (TPSA) is 22.1 Å². The number of ether oxygens (including phenoxy) is 1. The van der Waals surface area contributed by atoms with Crippen LogP contribution < -0.4 is 4.74 Å². The summed E-state index contributed by atoms with van der Waals surface area (Å²) in [6.07, 6.45) is 0.945. The molecule has 0 radical (unpaired) electrons. The van der Waals surface area contributed by atoms with E-state index in [2.05, 4.69) is 17.1 Å². The second-order valence-electron chi connectivity index (χ2n) is 3.22. The van der Waals surface area contributed by atoms with Gasteiger partial charge in [-0.3, -0.25) is 0 Å². The van der Waals surface area contributed by atoms with Crippen LogP contribution in [0.1, 0.15) is 5.69 Å². The molecule has 64 valence electrons. The van der Waals surface area contributed by atoms with Crippen LogP contribution in [0.25, 0.3) is 10.9 Å². The number of rotatable bonds is 0. The fourth-order valence-corrected chi connectivity index (χ4v) is 1.70. The van der Waals surface area contributed by atoms with Crippen molar-refractivity contribution in [2.75, 3.05) is 6.61 Å². The predicted molar refractivity (Wildman–Crippen MR) is 50.9 cm³/mol. The Hall–Kier alpha value is -1.57. The first-order valence-electron chi connectivity index (χ1n) is 4.45. The van der Waals surface area contributed by atoms with E-state index in [9.17, 15) is 0 Å². The molecule has 1 aromatic heterocycles. The average molecular weight is 171 g/mol. The molecule has 3 rings (SSSR count). The van der Waals surface area contributed by atoms with E-state index >= 15 is 0 Å². The molecule has 0 aliphatic carbocycles. The van der Waals surface area contributed by atoms with Crippen LogP contribution in [0.2, 0.25) is 0 Å². The van der Waals surface area contributed by atoms with Crippen molar-refractivity contribution in [3.8, 4) is 5.75 Å². The van der Waals surface area contributed by atoms with Gasteiger partial charge in [0.25, 0.3) is 0 Å². The molecule has 0 saturated carbocycles. The Morgan fingerprint density at radius 3 is 3.15 bits per heavy atom. The van der Waals surface area contributed by atoms with Gasteiger partial charge in [0.1, 0.15) is 5.75 Å². The van der Waals surface area contributed by atoms with Gasteiger partial charge in [0.05, 0.1) is 17.8 Å². The number of nitrogens with zero attached hydrogens (tertiary/aromatic N) is 1. The molecule has 2 nitrogen and oxygen atoms in total. The van der Waals surface area contributed by atoms with Gasteiger partial charge in [-0.05, 0) is 12.1 Å². The number of benzene rings is 1. The Morgan fingerprint density at radius 2 is 2.15 bits per heavy atom. The molecule has 1 aliphatic rings. The molecule has 0 N–H and O–H groups in total. The Labute approximate surface area is 76.2 Å². The number of hydrogen-bond acceptors (Lipinski definition) is 2. The SMILES string of the molecule is c1ccc2nc3c(cc2c1)OCC3. The molecule has 1 aliphatic heterocycles. The lowest BCUT2D eigenvalue weighted by Crippen LogP contribution is -1.86. The van der Waals surface area contributed by atoms with E-state index in [0.29, 0.717) is 0 Å². The van der Waals surface area contributed by atoms with E-state index in [1.54, 1.807) is 0 Å². The van der Waals surface area contributed by atoms with Crippen LogP contribution in [0.5, 0.6) is 5.75 Å². The van der Waals surface area contributed by atoms with Gasteiger partial charge in [0.15, 0.2) is 0 Å². The maximum atomic E-state index is 5.44. The smallest absolute Gasteiger partial charge is 0.141 e. The summed E-state index contributed by atoms with van der Waals surface area (Å²) in [7, 11) is 0. The van der Waals surface area contributed by atoms with Crippen molar-refractivity contribution in [2.45, 2.75) is 6.42 Å². The van der Waals surface area contributed by atoms with Crippen LogP contribution in [0.3, 0.4) is 0 Å². The van der Waals surface area contributed by atoms with Crippen molar-refractivity contribution < 1.29 is 4.74 Å². The molecule has 2 heterocycles. The minimum Gasteiger partial charge on any atom is -0.491 e. The van der Waals surface area contributed by atoms with Gasteiger partial charge >= 0.3 is 0 Å². The summed E-state index contributed by atoms with van der Waals surface area (Å²) in [5.74, 6) is 0.957. The van der Waals surface area contributed by atoms with E-state index < -0.39 is 0 Å². The molecular formula is C11H9NO. The molecular weight excluding hydrogens is 162 g/mol. The molecule has 0 fully saturated rings. The second kappa shape index (κ2) is 2.46. The first kappa shape index (κ1) is 6.89. The lowest BCUT2D eigenvalue weighted by molar-refractivity contribution is 0.357. The molecule has 2 heteroatoms. The summed E-state index contributed by atoms with van der Waals surface area (Å²) in [6, 6.07) is 10.2. The van der Waals surface area contributed by atoms with Crippen LogP contribution in [0.4, 0.5) is 0 Å².